The molecule has 2 nitrogen and oxygen atoms in total. The second-order valence-electron chi connectivity index (χ2n) is 6.85. The molecule has 0 saturated heterocycles. The Labute approximate surface area is 120 Å². The molecule has 1 aromatic heterocycles. The van der Waals surface area contributed by atoms with E-state index in [2.05, 4.69) is 31.8 Å². The van der Waals surface area contributed by atoms with Crippen molar-refractivity contribution in [3.63, 3.8) is 0 Å². The van der Waals surface area contributed by atoms with Gasteiger partial charge in [-0.15, -0.1) is 0 Å². The van der Waals surface area contributed by atoms with E-state index in [0.717, 1.165) is 29.3 Å². The van der Waals surface area contributed by atoms with Gasteiger partial charge in [0, 0.05) is 28.6 Å². The lowest BCUT2D eigenvalue weighted by Crippen LogP contribution is -2.34. The number of nitrogens with one attached hydrogen (secondary N) is 1. The summed E-state index contributed by atoms with van der Waals surface area (Å²) in [6.07, 6.45) is 6.53. The van der Waals surface area contributed by atoms with Crippen LogP contribution in [0, 0.1) is 18.3 Å². The van der Waals surface area contributed by atoms with E-state index in [0.29, 0.717) is 5.78 Å². The van der Waals surface area contributed by atoms with Gasteiger partial charge in [-0.1, -0.05) is 38.8 Å². The molecule has 1 N–H and O–H groups in total. The van der Waals surface area contributed by atoms with E-state index in [4.69, 9.17) is 0 Å². The van der Waals surface area contributed by atoms with Gasteiger partial charge in [0.25, 0.3) is 0 Å². The quantitative estimate of drug-likeness (QED) is 0.775. The van der Waals surface area contributed by atoms with Crippen molar-refractivity contribution in [3.8, 4) is 0 Å². The number of carbonyl (C=O) groups excluding carboxylic acids is 1. The van der Waals surface area contributed by atoms with Gasteiger partial charge in [0.2, 0.25) is 0 Å². The van der Waals surface area contributed by atoms with E-state index < -0.39 is 0 Å². The molecule has 1 atom stereocenters. The zero-order valence-corrected chi connectivity index (χ0v) is 12.6. The summed E-state index contributed by atoms with van der Waals surface area (Å²) >= 11 is 0. The predicted molar refractivity (Wildman–Crippen MR) is 83.1 cm³/mol. The lowest BCUT2D eigenvalue weighted by Gasteiger charge is -2.37. The molecule has 3 rings (SSSR count). The summed E-state index contributed by atoms with van der Waals surface area (Å²) in [5.41, 5.74) is 3.27. The number of ketones is 1. The fraction of sp³-hybridized carbons (Fsp3) is 0.500. The third-order valence-electron chi connectivity index (χ3n) is 5.00. The molecule has 1 aliphatic carbocycles. The Bertz CT molecular complexity index is 650. The highest BCUT2D eigenvalue weighted by molar-refractivity contribution is 6.10. The minimum absolute atomic E-state index is 0.127. The Morgan fingerprint density at radius 1 is 1.30 bits per heavy atom. The van der Waals surface area contributed by atoms with Crippen LogP contribution in [0.4, 0.5) is 0 Å². The summed E-state index contributed by atoms with van der Waals surface area (Å²) in [5.74, 6) is 0.491. The molecular formula is C18H23NO. The van der Waals surface area contributed by atoms with Crippen LogP contribution in [0.5, 0.6) is 0 Å². The Morgan fingerprint density at radius 3 is 2.85 bits per heavy atom. The van der Waals surface area contributed by atoms with Crippen LogP contribution in [-0.4, -0.2) is 10.8 Å². The van der Waals surface area contributed by atoms with Crippen molar-refractivity contribution in [3.05, 3.63) is 35.5 Å². The number of hydrogen-bond acceptors (Lipinski definition) is 1. The van der Waals surface area contributed by atoms with E-state index in [1.807, 2.05) is 18.3 Å². The van der Waals surface area contributed by atoms with Crippen molar-refractivity contribution in [2.24, 2.45) is 11.3 Å². The normalized spacial score (nSPS) is 22.1. The number of fused-ring (bicyclic) bond motifs is 1. The van der Waals surface area contributed by atoms with E-state index >= 15 is 0 Å². The number of H-pyrrole nitrogens is 1. The number of aryl methyl sites for hydroxylation is 1. The summed E-state index contributed by atoms with van der Waals surface area (Å²) in [4.78, 5) is 16.3. The molecule has 1 aliphatic rings. The topological polar surface area (TPSA) is 32.9 Å². The number of rotatable bonds is 2. The third-order valence-corrected chi connectivity index (χ3v) is 5.00. The molecule has 20 heavy (non-hydrogen) atoms. The van der Waals surface area contributed by atoms with Crippen molar-refractivity contribution in [2.45, 2.75) is 46.5 Å². The van der Waals surface area contributed by atoms with E-state index in [-0.39, 0.29) is 11.3 Å². The standard InChI is InChI=1S/C18H23NO/c1-12-7-6-9-15-16(12)13(11-19-15)17(20)14-8-4-5-10-18(14,2)3/h6-7,9,11,14,19H,4-5,8,10H2,1-3H3. The molecule has 1 fully saturated rings. The van der Waals surface area contributed by atoms with Crippen molar-refractivity contribution in [2.75, 3.05) is 0 Å². The first-order valence-corrected chi connectivity index (χ1v) is 7.61. The van der Waals surface area contributed by atoms with Crippen molar-refractivity contribution >= 4 is 16.7 Å². The maximum absolute atomic E-state index is 13.0. The van der Waals surface area contributed by atoms with Gasteiger partial charge in [0.05, 0.1) is 0 Å². The van der Waals surface area contributed by atoms with Crippen LogP contribution in [0.2, 0.25) is 0 Å². The molecule has 0 spiro atoms. The monoisotopic (exact) mass is 269 g/mol. The minimum Gasteiger partial charge on any atom is -0.360 e. The SMILES string of the molecule is Cc1cccc2[nH]cc(C(=O)C3CCCCC3(C)C)c12. The second kappa shape index (κ2) is 4.76. The third kappa shape index (κ3) is 2.07. The Morgan fingerprint density at radius 2 is 2.10 bits per heavy atom. The molecule has 0 aliphatic heterocycles. The van der Waals surface area contributed by atoms with Crippen molar-refractivity contribution in [1.82, 2.24) is 4.98 Å². The second-order valence-corrected chi connectivity index (χ2v) is 6.85. The highest BCUT2D eigenvalue weighted by atomic mass is 16.1. The molecule has 2 heteroatoms. The molecule has 1 heterocycles. The maximum Gasteiger partial charge on any atom is 0.168 e. The number of carbonyl (C=O) groups is 1. The van der Waals surface area contributed by atoms with Gasteiger partial charge >= 0.3 is 0 Å². The van der Waals surface area contributed by atoms with Crippen LogP contribution in [0.3, 0.4) is 0 Å². The summed E-state index contributed by atoms with van der Waals surface area (Å²) in [5, 5.41) is 1.11. The molecular weight excluding hydrogens is 246 g/mol. The number of Topliss-reactive ketones (excluding diaryl/α,β-unsaturated/α-hetero) is 1. The first-order valence-electron chi connectivity index (χ1n) is 7.61. The smallest absolute Gasteiger partial charge is 0.168 e. The summed E-state index contributed by atoms with van der Waals surface area (Å²) < 4.78 is 0. The van der Waals surface area contributed by atoms with Crippen molar-refractivity contribution < 1.29 is 4.79 Å². The number of aromatic amines is 1. The van der Waals surface area contributed by atoms with Crippen LogP contribution >= 0.6 is 0 Å². The summed E-state index contributed by atoms with van der Waals surface area (Å²) in [6.45, 7) is 6.58. The number of benzene rings is 1. The molecule has 0 bridgehead atoms. The zero-order valence-electron chi connectivity index (χ0n) is 12.6. The summed E-state index contributed by atoms with van der Waals surface area (Å²) in [6, 6.07) is 6.16. The van der Waals surface area contributed by atoms with Gasteiger partial charge in [0.15, 0.2) is 5.78 Å². The lowest BCUT2D eigenvalue weighted by molar-refractivity contribution is 0.0699. The molecule has 106 valence electrons. The Hall–Kier alpha value is -1.57. The van der Waals surface area contributed by atoms with Crippen LogP contribution in [0.15, 0.2) is 24.4 Å². The van der Waals surface area contributed by atoms with Gasteiger partial charge < -0.3 is 4.98 Å². The fourth-order valence-electron chi connectivity index (χ4n) is 3.73. The summed E-state index contributed by atoms with van der Waals surface area (Å²) in [7, 11) is 0. The van der Waals surface area contributed by atoms with Crippen LogP contribution < -0.4 is 0 Å². The zero-order chi connectivity index (χ0) is 14.3. The maximum atomic E-state index is 13.0. The minimum atomic E-state index is 0.127. The van der Waals surface area contributed by atoms with Crippen LogP contribution in [0.1, 0.15) is 55.5 Å². The van der Waals surface area contributed by atoms with Gasteiger partial charge in [-0.3, -0.25) is 4.79 Å². The number of aromatic nitrogens is 1. The largest absolute Gasteiger partial charge is 0.360 e. The average Bonchev–Trinajstić information content (AvgIpc) is 2.83. The molecule has 0 radical (unpaired) electrons. The predicted octanol–water partition coefficient (Wildman–Crippen LogP) is 4.88. The lowest BCUT2D eigenvalue weighted by atomic mass is 9.66. The molecule has 1 aromatic carbocycles. The van der Waals surface area contributed by atoms with Gasteiger partial charge in [-0.05, 0) is 36.8 Å². The fourth-order valence-corrected chi connectivity index (χ4v) is 3.73. The number of hydrogen-bond donors (Lipinski definition) is 1. The molecule has 0 amide bonds. The van der Waals surface area contributed by atoms with Crippen LogP contribution in [0.25, 0.3) is 10.9 Å². The van der Waals surface area contributed by atoms with E-state index in [1.165, 1.54) is 18.4 Å². The van der Waals surface area contributed by atoms with Crippen molar-refractivity contribution in [1.29, 1.82) is 0 Å². The van der Waals surface area contributed by atoms with E-state index in [1.54, 1.807) is 0 Å². The van der Waals surface area contributed by atoms with Gasteiger partial charge in [-0.25, -0.2) is 0 Å². The first-order chi connectivity index (χ1) is 9.50. The molecule has 1 saturated carbocycles. The van der Waals surface area contributed by atoms with Crippen LogP contribution in [-0.2, 0) is 0 Å². The highest BCUT2D eigenvalue weighted by Crippen LogP contribution is 2.43. The Kier molecular flexibility index (Phi) is 3.19. The highest BCUT2D eigenvalue weighted by Gasteiger charge is 2.38. The molecule has 1 unspecified atom stereocenters. The molecule has 2 aromatic rings. The Balaban J connectivity index is 2.05. The van der Waals surface area contributed by atoms with Gasteiger partial charge in [-0.2, -0.15) is 0 Å². The average molecular weight is 269 g/mol. The first kappa shape index (κ1) is 13.4. The van der Waals surface area contributed by atoms with Gasteiger partial charge in [0.1, 0.15) is 0 Å². The van der Waals surface area contributed by atoms with E-state index in [9.17, 15) is 4.79 Å².